The van der Waals surface area contributed by atoms with E-state index in [1.54, 1.807) is 0 Å². The molecule has 0 radical (unpaired) electrons. The summed E-state index contributed by atoms with van der Waals surface area (Å²) in [4.78, 5) is 17.1. The summed E-state index contributed by atoms with van der Waals surface area (Å²) in [5.41, 5.74) is 1.22. The maximum atomic E-state index is 4.59. The van der Waals surface area contributed by atoms with E-state index in [9.17, 15) is 0 Å². The number of likely N-dealkylation sites (N-methyl/N-ethyl adjacent to an activating group) is 5. The molecule has 0 N–H and O–H groups in total. The summed E-state index contributed by atoms with van der Waals surface area (Å²) < 4.78 is 0. The normalized spacial score (nSPS) is 25.0. The quantitative estimate of drug-likeness (QED) is 0.726. The molecule has 1 fully saturated rings. The maximum absolute atomic E-state index is 4.59. The van der Waals surface area contributed by atoms with Crippen molar-refractivity contribution in [3.8, 4) is 0 Å². The molecule has 0 spiro atoms. The standard InChI is InChI=1S/C24H46N6/c1-26-12-8-13-27(2)19-20-30(5)22-23(21-24-9-6-7-11-25-24)10-14-28(3)16-18-29(4)17-15-26/h6-7,9,11,23H,8,10,12-22H2,1-5H3. The number of pyridine rings is 1. The highest BCUT2D eigenvalue weighted by Gasteiger charge is 2.15. The van der Waals surface area contributed by atoms with Crippen LogP contribution in [0.3, 0.4) is 0 Å². The number of hydrogen-bond donors (Lipinski definition) is 0. The van der Waals surface area contributed by atoms with Gasteiger partial charge in [0.25, 0.3) is 0 Å². The van der Waals surface area contributed by atoms with E-state index in [2.05, 4.69) is 76.9 Å². The summed E-state index contributed by atoms with van der Waals surface area (Å²) >= 11 is 0. The molecular formula is C24H46N6. The van der Waals surface area contributed by atoms with Gasteiger partial charge in [0, 0.05) is 57.7 Å². The first-order chi connectivity index (χ1) is 14.4. The van der Waals surface area contributed by atoms with Gasteiger partial charge in [-0.05, 0) is 92.2 Å². The van der Waals surface area contributed by atoms with E-state index in [4.69, 9.17) is 0 Å². The van der Waals surface area contributed by atoms with Crippen molar-refractivity contribution in [2.24, 2.45) is 5.92 Å². The number of rotatable bonds is 2. The molecule has 1 unspecified atom stereocenters. The third-order valence-corrected chi connectivity index (χ3v) is 6.38. The zero-order valence-electron chi connectivity index (χ0n) is 20.3. The molecule has 30 heavy (non-hydrogen) atoms. The third-order valence-electron chi connectivity index (χ3n) is 6.38. The van der Waals surface area contributed by atoms with Crippen LogP contribution >= 0.6 is 0 Å². The molecule has 2 heterocycles. The predicted molar refractivity (Wildman–Crippen MR) is 128 cm³/mol. The van der Waals surface area contributed by atoms with Crippen LogP contribution in [0.25, 0.3) is 0 Å². The molecule has 172 valence electrons. The first-order valence-electron chi connectivity index (χ1n) is 11.7. The molecule has 2 rings (SSSR count). The highest BCUT2D eigenvalue weighted by molar-refractivity contribution is 5.04. The predicted octanol–water partition coefficient (Wildman–Crippen LogP) is 1.69. The van der Waals surface area contributed by atoms with Gasteiger partial charge in [-0.2, -0.15) is 0 Å². The number of aromatic nitrogens is 1. The molecule has 6 nitrogen and oxygen atoms in total. The largest absolute Gasteiger partial charge is 0.305 e. The molecule has 0 amide bonds. The first-order valence-corrected chi connectivity index (χ1v) is 11.7. The van der Waals surface area contributed by atoms with Gasteiger partial charge in [-0.25, -0.2) is 0 Å². The summed E-state index contributed by atoms with van der Waals surface area (Å²) in [6.45, 7) is 11.5. The Morgan fingerprint density at radius 2 is 1.23 bits per heavy atom. The lowest BCUT2D eigenvalue weighted by molar-refractivity contribution is 0.189. The van der Waals surface area contributed by atoms with Crippen LogP contribution < -0.4 is 0 Å². The van der Waals surface area contributed by atoms with Crippen LogP contribution in [0.5, 0.6) is 0 Å². The second kappa shape index (κ2) is 14.1. The molecule has 1 aromatic rings. The van der Waals surface area contributed by atoms with Crippen LogP contribution in [0.1, 0.15) is 18.5 Å². The molecule has 0 aromatic carbocycles. The van der Waals surface area contributed by atoms with Crippen LogP contribution in [0.4, 0.5) is 0 Å². The minimum absolute atomic E-state index is 0.642. The maximum Gasteiger partial charge on any atom is 0.0406 e. The average Bonchev–Trinajstić information content (AvgIpc) is 2.73. The second-order valence-corrected chi connectivity index (χ2v) is 9.51. The topological polar surface area (TPSA) is 29.1 Å². The molecular weight excluding hydrogens is 372 g/mol. The van der Waals surface area contributed by atoms with E-state index in [0.717, 1.165) is 58.8 Å². The van der Waals surface area contributed by atoms with Crippen molar-refractivity contribution in [3.63, 3.8) is 0 Å². The van der Waals surface area contributed by atoms with E-state index >= 15 is 0 Å². The zero-order chi connectivity index (χ0) is 21.8. The van der Waals surface area contributed by atoms with Gasteiger partial charge in [0.15, 0.2) is 0 Å². The number of nitrogens with zero attached hydrogens (tertiary/aromatic N) is 6. The van der Waals surface area contributed by atoms with Crippen molar-refractivity contribution < 1.29 is 0 Å². The van der Waals surface area contributed by atoms with Crippen molar-refractivity contribution in [2.45, 2.75) is 19.3 Å². The fourth-order valence-electron chi connectivity index (χ4n) is 4.09. The highest BCUT2D eigenvalue weighted by atomic mass is 15.2. The third kappa shape index (κ3) is 10.8. The van der Waals surface area contributed by atoms with Gasteiger partial charge in [0.2, 0.25) is 0 Å². The van der Waals surface area contributed by atoms with Gasteiger partial charge < -0.3 is 24.5 Å². The summed E-state index contributed by atoms with van der Waals surface area (Å²) in [7, 11) is 11.3. The Bertz CT molecular complexity index is 554. The van der Waals surface area contributed by atoms with Gasteiger partial charge in [-0.15, -0.1) is 0 Å². The fourth-order valence-corrected chi connectivity index (χ4v) is 4.09. The highest BCUT2D eigenvalue weighted by Crippen LogP contribution is 2.13. The Balaban J connectivity index is 1.95. The van der Waals surface area contributed by atoms with Crippen LogP contribution in [0.15, 0.2) is 24.4 Å². The van der Waals surface area contributed by atoms with Crippen molar-refractivity contribution in [3.05, 3.63) is 30.1 Å². The Labute approximate surface area is 185 Å². The van der Waals surface area contributed by atoms with Crippen LogP contribution in [0.2, 0.25) is 0 Å². The lowest BCUT2D eigenvalue weighted by Gasteiger charge is -2.29. The first kappa shape index (κ1) is 25.2. The smallest absolute Gasteiger partial charge is 0.0406 e. The van der Waals surface area contributed by atoms with E-state index in [1.807, 2.05) is 12.3 Å². The molecule has 0 bridgehead atoms. The second-order valence-electron chi connectivity index (χ2n) is 9.51. The molecule has 1 saturated heterocycles. The lowest BCUT2D eigenvalue weighted by atomic mass is 9.98. The minimum atomic E-state index is 0.642. The molecule has 6 heteroatoms. The molecule has 1 aliphatic rings. The van der Waals surface area contributed by atoms with Gasteiger partial charge in [0.1, 0.15) is 0 Å². The lowest BCUT2D eigenvalue weighted by Crippen LogP contribution is -2.39. The van der Waals surface area contributed by atoms with E-state index in [0.29, 0.717) is 5.92 Å². The molecule has 0 aliphatic carbocycles. The van der Waals surface area contributed by atoms with Crippen molar-refractivity contribution in [1.29, 1.82) is 0 Å². The van der Waals surface area contributed by atoms with Crippen LogP contribution in [-0.4, -0.2) is 130 Å². The van der Waals surface area contributed by atoms with Crippen molar-refractivity contribution in [2.75, 3.05) is 101 Å². The van der Waals surface area contributed by atoms with E-state index in [1.165, 1.54) is 31.6 Å². The zero-order valence-corrected chi connectivity index (χ0v) is 20.3. The Morgan fingerprint density at radius 3 is 1.80 bits per heavy atom. The van der Waals surface area contributed by atoms with Gasteiger partial charge in [0.05, 0.1) is 0 Å². The summed E-state index contributed by atoms with van der Waals surface area (Å²) in [5.74, 6) is 0.642. The summed E-state index contributed by atoms with van der Waals surface area (Å²) in [6.07, 6.45) is 5.46. The van der Waals surface area contributed by atoms with Crippen LogP contribution in [0, 0.1) is 5.92 Å². The van der Waals surface area contributed by atoms with Crippen molar-refractivity contribution >= 4 is 0 Å². The van der Waals surface area contributed by atoms with Gasteiger partial charge in [-0.3, -0.25) is 4.98 Å². The van der Waals surface area contributed by atoms with E-state index in [-0.39, 0.29) is 0 Å². The molecule has 0 saturated carbocycles. The average molecular weight is 419 g/mol. The van der Waals surface area contributed by atoms with Crippen molar-refractivity contribution in [1.82, 2.24) is 29.5 Å². The van der Waals surface area contributed by atoms with Gasteiger partial charge >= 0.3 is 0 Å². The van der Waals surface area contributed by atoms with Gasteiger partial charge in [-0.1, -0.05) is 6.07 Å². The Hall–Kier alpha value is -1.05. The van der Waals surface area contributed by atoms with E-state index < -0.39 is 0 Å². The molecule has 1 aliphatic heterocycles. The Kier molecular flexibility index (Phi) is 11.8. The summed E-state index contributed by atoms with van der Waals surface area (Å²) in [5, 5.41) is 0. The minimum Gasteiger partial charge on any atom is -0.305 e. The Morgan fingerprint density at radius 1 is 0.700 bits per heavy atom. The summed E-state index contributed by atoms with van der Waals surface area (Å²) in [6, 6.07) is 6.30. The number of hydrogen-bond acceptors (Lipinski definition) is 6. The SMILES string of the molecule is CN1CCCN(C)CCN(C)CC(Cc2ccccn2)CCN(C)CCN(C)CC1. The van der Waals surface area contributed by atoms with Crippen LogP contribution in [-0.2, 0) is 6.42 Å². The molecule has 1 aromatic heterocycles. The monoisotopic (exact) mass is 418 g/mol. The molecule has 1 atom stereocenters. The fraction of sp³-hybridized carbons (Fsp3) is 0.792.